The number of carbonyl (C=O) groups is 2. The van der Waals surface area contributed by atoms with Crippen LogP contribution in [0, 0.1) is 0 Å². The molecule has 0 aliphatic carbocycles. The summed E-state index contributed by atoms with van der Waals surface area (Å²) in [5.41, 5.74) is 2.29. The smallest absolute Gasteiger partial charge is 0.414 e. The van der Waals surface area contributed by atoms with E-state index in [2.05, 4.69) is 0 Å². The minimum Gasteiger partial charge on any atom is -0.444 e. The van der Waals surface area contributed by atoms with E-state index in [0.717, 1.165) is 11.1 Å². The number of amides is 1. The molecule has 0 saturated heterocycles. The first-order chi connectivity index (χ1) is 12.0. The minimum atomic E-state index is -0.477. The molecular formula is C20H18ClNO3. The largest absolute Gasteiger partial charge is 0.444 e. The van der Waals surface area contributed by atoms with Crippen LogP contribution in [0.5, 0.6) is 0 Å². The Bertz CT molecular complexity index is 817. The lowest BCUT2D eigenvalue weighted by molar-refractivity contribution is -0.116. The van der Waals surface area contributed by atoms with Crippen LogP contribution in [0.15, 0.2) is 66.4 Å². The second-order valence-corrected chi connectivity index (χ2v) is 6.37. The molecule has 2 aromatic carbocycles. The van der Waals surface area contributed by atoms with E-state index >= 15 is 0 Å². The van der Waals surface area contributed by atoms with Gasteiger partial charge in [0.1, 0.15) is 6.61 Å². The van der Waals surface area contributed by atoms with Gasteiger partial charge in [-0.3, -0.25) is 9.69 Å². The second kappa shape index (κ2) is 7.53. The van der Waals surface area contributed by atoms with Gasteiger partial charge in [0.05, 0.1) is 6.04 Å². The number of carbonyl (C=O) groups excluding carboxylic acids is 2. The zero-order valence-electron chi connectivity index (χ0n) is 13.8. The molecule has 0 aromatic heterocycles. The number of ether oxygens (including phenoxy) is 1. The standard InChI is InChI=1S/C20H18ClNO3/c1-14-10-18(23)12-19(16-8-5-9-17(21)11-16)22(14)20(24)25-13-15-6-3-2-4-7-15/h2-11,19H,12-13H2,1H3/t19-/m1/s1. The molecule has 0 N–H and O–H groups in total. The van der Waals surface area contributed by atoms with E-state index in [1.165, 1.54) is 11.0 Å². The molecule has 1 aliphatic heterocycles. The Morgan fingerprint density at radius 1 is 1.20 bits per heavy atom. The summed E-state index contributed by atoms with van der Waals surface area (Å²) in [5.74, 6) is -0.0189. The van der Waals surface area contributed by atoms with Gasteiger partial charge in [-0.05, 0) is 30.2 Å². The number of hydrogen-bond donors (Lipinski definition) is 0. The summed E-state index contributed by atoms with van der Waals surface area (Å²) >= 11 is 6.07. The van der Waals surface area contributed by atoms with E-state index in [9.17, 15) is 9.59 Å². The molecule has 0 radical (unpaired) electrons. The van der Waals surface area contributed by atoms with Crippen LogP contribution in [0.2, 0.25) is 5.02 Å². The van der Waals surface area contributed by atoms with Gasteiger partial charge in [-0.15, -0.1) is 0 Å². The predicted molar refractivity (Wildman–Crippen MR) is 96.0 cm³/mol. The quantitative estimate of drug-likeness (QED) is 0.787. The van der Waals surface area contributed by atoms with Crippen molar-refractivity contribution in [1.29, 1.82) is 0 Å². The molecule has 1 atom stereocenters. The van der Waals surface area contributed by atoms with Crippen LogP contribution >= 0.6 is 11.6 Å². The third-order valence-electron chi connectivity index (χ3n) is 4.09. The Morgan fingerprint density at radius 3 is 2.68 bits per heavy atom. The molecule has 0 saturated carbocycles. The van der Waals surface area contributed by atoms with Gasteiger partial charge in [0.25, 0.3) is 0 Å². The van der Waals surface area contributed by atoms with E-state index in [1.807, 2.05) is 42.5 Å². The molecule has 1 heterocycles. The summed E-state index contributed by atoms with van der Waals surface area (Å²) in [6.45, 7) is 1.91. The van der Waals surface area contributed by atoms with Gasteiger partial charge in [-0.1, -0.05) is 54.1 Å². The third kappa shape index (κ3) is 4.09. The number of nitrogens with zero attached hydrogens (tertiary/aromatic N) is 1. The maximum Gasteiger partial charge on any atom is 0.414 e. The summed E-state index contributed by atoms with van der Waals surface area (Å²) in [6.07, 6.45) is 1.21. The zero-order valence-corrected chi connectivity index (χ0v) is 14.6. The van der Waals surface area contributed by atoms with Crippen LogP contribution in [-0.2, 0) is 16.1 Å². The van der Waals surface area contributed by atoms with Crippen LogP contribution in [0.3, 0.4) is 0 Å². The van der Waals surface area contributed by atoms with Crippen molar-refractivity contribution >= 4 is 23.5 Å². The third-order valence-corrected chi connectivity index (χ3v) is 4.33. The average Bonchev–Trinajstić information content (AvgIpc) is 2.60. The van der Waals surface area contributed by atoms with Gasteiger partial charge in [0, 0.05) is 23.2 Å². The van der Waals surface area contributed by atoms with E-state index in [1.54, 1.807) is 19.1 Å². The molecule has 0 bridgehead atoms. The number of ketones is 1. The van der Waals surface area contributed by atoms with E-state index in [-0.39, 0.29) is 18.8 Å². The molecule has 4 nitrogen and oxygen atoms in total. The fourth-order valence-electron chi connectivity index (χ4n) is 2.93. The SMILES string of the molecule is CC1=CC(=O)C[C@H](c2cccc(Cl)c2)N1C(=O)OCc1ccccc1. The number of hydrogen-bond acceptors (Lipinski definition) is 3. The van der Waals surface area contributed by atoms with Gasteiger partial charge in [0.2, 0.25) is 0 Å². The van der Waals surface area contributed by atoms with Crippen molar-refractivity contribution in [3.63, 3.8) is 0 Å². The highest BCUT2D eigenvalue weighted by Gasteiger charge is 2.33. The molecule has 0 fully saturated rings. The molecule has 1 amide bonds. The van der Waals surface area contributed by atoms with Gasteiger partial charge >= 0.3 is 6.09 Å². The maximum absolute atomic E-state index is 12.7. The molecule has 5 heteroatoms. The lowest BCUT2D eigenvalue weighted by Gasteiger charge is -2.34. The van der Waals surface area contributed by atoms with Crippen molar-refractivity contribution in [1.82, 2.24) is 4.90 Å². The lowest BCUT2D eigenvalue weighted by Crippen LogP contribution is -2.38. The van der Waals surface area contributed by atoms with E-state index in [4.69, 9.17) is 16.3 Å². The summed E-state index contributed by atoms with van der Waals surface area (Å²) in [7, 11) is 0. The molecule has 25 heavy (non-hydrogen) atoms. The Morgan fingerprint density at radius 2 is 1.96 bits per heavy atom. The first-order valence-corrected chi connectivity index (χ1v) is 8.39. The topological polar surface area (TPSA) is 46.6 Å². The summed E-state index contributed by atoms with van der Waals surface area (Å²) in [5, 5.41) is 0.565. The van der Waals surface area contributed by atoms with Gasteiger partial charge in [0.15, 0.2) is 5.78 Å². The Balaban J connectivity index is 1.83. The van der Waals surface area contributed by atoms with Gasteiger partial charge < -0.3 is 4.74 Å². The highest BCUT2D eigenvalue weighted by Crippen LogP contribution is 2.33. The highest BCUT2D eigenvalue weighted by molar-refractivity contribution is 6.30. The normalized spacial score (nSPS) is 17.2. The number of benzene rings is 2. The number of halogens is 1. The first kappa shape index (κ1) is 17.2. The monoisotopic (exact) mass is 355 g/mol. The zero-order chi connectivity index (χ0) is 17.8. The van der Waals surface area contributed by atoms with Crippen molar-refractivity contribution in [2.75, 3.05) is 0 Å². The molecule has 3 rings (SSSR count). The van der Waals surface area contributed by atoms with Crippen LogP contribution < -0.4 is 0 Å². The first-order valence-electron chi connectivity index (χ1n) is 8.01. The van der Waals surface area contributed by atoms with Crippen LogP contribution in [0.25, 0.3) is 0 Å². The Hall–Kier alpha value is -2.59. The Kier molecular flexibility index (Phi) is 5.19. The van der Waals surface area contributed by atoms with E-state index in [0.29, 0.717) is 10.7 Å². The van der Waals surface area contributed by atoms with Crippen molar-refractivity contribution in [2.24, 2.45) is 0 Å². The molecule has 0 unspecified atom stereocenters. The Labute approximate surface area is 151 Å². The van der Waals surface area contributed by atoms with Gasteiger partial charge in [-0.25, -0.2) is 4.79 Å². The molecule has 128 valence electrons. The number of allylic oxidation sites excluding steroid dienone is 2. The maximum atomic E-state index is 12.7. The summed E-state index contributed by atoms with van der Waals surface area (Å²) in [6, 6.07) is 16.3. The van der Waals surface area contributed by atoms with Crippen molar-refractivity contribution in [3.05, 3.63) is 82.5 Å². The summed E-state index contributed by atoms with van der Waals surface area (Å²) < 4.78 is 5.46. The average molecular weight is 356 g/mol. The van der Waals surface area contributed by atoms with Crippen LogP contribution in [0.1, 0.15) is 30.5 Å². The molecule has 0 spiro atoms. The van der Waals surface area contributed by atoms with Crippen LogP contribution in [-0.4, -0.2) is 16.8 Å². The minimum absolute atomic E-state index is 0.0189. The molecule has 1 aliphatic rings. The second-order valence-electron chi connectivity index (χ2n) is 5.94. The predicted octanol–water partition coefficient (Wildman–Crippen LogP) is 4.90. The number of rotatable bonds is 3. The van der Waals surface area contributed by atoms with Crippen molar-refractivity contribution in [2.45, 2.75) is 26.0 Å². The van der Waals surface area contributed by atoms with E-state index < -0.39 is 12.1 Å². The fraction of sp³-hybridized carbons (Fsp3) is 0.200. The molecular weight excluding hydrogens is 338 g/mol. The van der Waals surface area contributed by atoms with Crippen LogP contribution in [0.4, 0.5) is 4.79 Å². The summed E-state index contributed by atoms with van der Waals surface area (Å²) in [4.78, 5) is 26.2. The fourth-order valence-corrected chi connectivity index (χ4v) is 3.13. The lowest BCUT2D eigenvalue weighted by atomic mass is 9.96. The van der Waals surface area contributed by atoms with Crippen molar-refractivity contribution < 1.29 is 14.3 Å². The van der Waals surface area contributed by atoms with Crippen molar-refractivity contribution in [3.8, 4) is 0 Å². The highest BCUT2D eigenvalue weighted by atomic mass is 35.5. The van der Waals surface area contributed by atoms with Gasteiger partial charge in [-0.2, -0.15) is 0 Å². The molecule has 2 aromatic rings.